The summed E-state index contributed by atoms with van der Waals surface area (Å²) >= 11 is 0. The Labute approximate surface area is 137 Å². The van der Waals surface area contributed by atoms with E-state index in [1.807, 2.05) is 4.90 Å². The van der Waals surface area contributed by atoms with E-state index in [2.05, 4.69) is 15.3 Å². The van der Waals surface area contributed by atoms with Gasteiger partial charge in [0.05, 0.1) is 10.6 Å². The highest BCUT2D eigenvalue weighted by Gasteiger charge is 2.28. The Morgan fingerprint density at radius 2 is 1.92 bits per heavy atom. The standard InChI is InChI=1S/C15H17FN6O2/c16-10-6-2-3-7-11(10)18-15-19-13(17)12(22(23)24)14(20-15)21-8-4-1-5-9-21/h2-3,6-7H,1,4-5,8-9H2,(H3,17,18,19,20). The number of nitro groups is 1. The van der Waals surface area contributed by atoms with Gasteiger partial charge in [0.2, 0.25) is 17.6 Å². The number of hydrogen-bond acceptors (Lipinski definition) is 7. The number of nitrogens with two attached hydrogens (primary N) is 1. The van der Waals surface area contributed by atoms with Crippen molar-refractivity contribution in [2.45, 2.75) is 19.3 Å². The van der Waals surface area contributed by atoms with Crippen LogP contribution in [0.15, 0.2) is 24.3 Å². The van der Waals surface area contributed by atoms with E-state index < -0.39 is 10.7 Å². The van der Waals surface area contributed by atoms with Gasteiger partial charge in [-0.2, -0.15) is 9.97 Å². The third-order valence-electron chi connectivity index (χ3n) is 3.85. The Morgan fingerprint density at radius 3 is 2.58 bits per heavy atom. The molecule has 8 nitrogen and oxygen atoms in total. The summed E-state index contributed by atoms with van der Waals surface area (Å²) in [6.07, 6.45) is 2.93. The lowest BCUT2D eigenvalue weighted by Gasteiger charge is -2.27. The molecule has 0 saturated carbocycles. The zero-order valence-corrected chi connectivity index (χ0v) is 12.9. The first kappa shape index (κ1) is 15.9. The Hall–Kier alpha value is -2.97. The summed E-state index contributed by atoms with van der Waals surface area (Å²) in [5.41, 5.74) is 5.64. The van der Waals surface area contributed by atoms with Crippen molar-refractivity contribution in [2.24, 2.45) is 0 Å². The van der Waals surface area contributed by atoms with Gasteiger partial charge in [0, 0.05) is 13.1 Å². The second-order valence-corrected chi connectivity index (χ2v) is 5.51. The molecule has 1 fully saturated rings. The first-order valence-electron chi connectivity index (χ1n) is 7.64. The molecule has 3 N–H and O–H groups in total. The van der Waals surface area contributed by atoms with Gasteiger partial charge in [0.15, 0.2) is 0 Å². The molecule has 0 amide bonds. The van der Waals surface area contributed by atoms with Gasteiger partial charge in [0.25, 0.3) is 0 Å². The molecule has 0 unspecified atom stereocenters. The van der Waals surface area contributed by atoms with Crippen molar-refractivity contribution in [1.29, 1.82) is 0 Å². The summed E-state index contributed by atoms with van der Waals surface area (Å²) in [6, 6.07) is 6.04. The third kappa shape index (κ3) is 3.19. The van der Waals surface area contributed by atoms with Crippen LogP contribution < -0.4 is 16.0 Å². The molecule has 126 valence electrons. The van der Waals surface area contributed by atoms with Crippen LogP contribution in [0.25, 0.3) is 0 Å². The monoisotopic (exact) mass is 332 g/mol. The van der Waals surface area contributed by atoms with Crippen molar-refractivity contribution < 1.29 is 9.31 Å². The average molecular weight is 332 g/mol. The van der Waals surface area contributed by atoms with Gasteiger partial charge in [-0.1, -0.05) is 12.1 Å². The molecule has 24 heavy (non-hydrogen) atoms. The van der Waals surface area contributed by atoms with E-state index in [-0.39, 0.29) is 29.0 Å². The maximum Gasteiger partial charge on any atom is 0.353 e. The van der Waals surface area contributed by atoms with E-state index in [4.69, 9.17) is 5.73 Å². The molecule has 1 aliphatic heterocycles. The number of nitrogen functional groups attached to an aromatic ring is 1. The number of halogens is 1. The highest BCUT2D eigenvalue weighted by molar-refractivity contribution is 5.72. The Kier molecular flexibility index (Phi) is 4.41. The van der Waals surface area contributed by atoms with E-state index in [0.29, 0.717) is 13.1 Å². The van der Waals surface area contributed by atoms with Gasteiger partial charge >= 0.3 is 5.69 Å². The molecular weight excluding hydrogens is 315 g/mol. The lowest BCUT2D eigenvalue weighted by molar-refractivity contribution is -0.383. The number of nitrogens with one attached hydrogen (secondary N) is 1. The highest BCUT2D eigenvalue weighted by Crippen LogP contribution is 2.34. The lowest BCUT2D eigenvalue weighted by atomic mass is 10.1. The molecule has 2 aromatic rings. The Morgan fingerprint density at radius 1 is 1.21 bits per heavy atom. The van der Waals surface area contributed by atoms with Crippen LogP contribution in [0.5, 0.6) is 0 Å². The summed E-state index contributed by atoms with van der Waals surface area (Å²) in [5.74, 6) is -0.512. The molecule has 1 aromatic carbocycles. The normalized spacial score (nSPS) is 14.5. The zero-order valence-electron chi connectivity index (χ0n) is 12.9. The number of hydrogen-bond donors (Lipinski definition) is 2. The van der Waals surface area contributed by atoms with Crippen LogP contribution in [-0.4, -0.2) is 28.0 Å². The van der Waals surface area contributed by atoms with Crippen molar-refractivity contribution in [2.75, 3.05) is 29.0 Å². The summed E-state index contributed by atoms with van der Waals surface area (Å²) in [5, 5.41) is 14.1. The van der Waals surface area contributed by atoms with Crippen LogP contribution in [0.4, 0.5) is 33.3 Å². The van der Waals surface area contributed by atoms with E-state index in [0.717, 1.165) is 19.3 Å². The quantitative estimate of drug-likeness (QED) is 0.654. The molecule has 0 spiro atoms. The van der Waals surface area contributed by atoms with Crippen LogP contribution in [0.2, 0.25) is 0 Å². The second-order valence-electron chi connectivity index (χ2n) is 5.51. The Balaban J connectivity index is 2.00. The largest absolute Gasteiger partial charge is 0.378 e. The minimum absolute atomic E-state index is 0.0313. The SMILES string of the molecule is Nc1nc(Nc2ccccc2F)nc(N2CCCCC2)c1[N+](=O)[O-]. The number of benzene rings is 1. The molecule has 1 saturated heterocycles. The van der Waals surface area contributed by atoms with Crippen LogP contribution >= 0.6 is 0 Å². The van der Waals surface area contributed by atoms with E-state index in [1.54, 1.807) is 12.1 Å². The minimum Gasteiger partial charge on any atom is -0.378 e. The molecule has 1 aliphatic rings. The predicted molar refractivity (Wildman–Crippen MR) is 88.8 cm³/mol. The molecular formula is C15H17FN6O2. The maximum atomic E-state index is 13.8. The van der Waals surface area contributed by atoms with Crippen LogP contribution in [0, 0.1) is 15.9 Å². The first-order valence-corrected chi connectivity index (χ1v) is 7.64. The van der Waals surface area contributed by atoms with Crippen LogP contribution in [0.1, 0.15) is 19.3 Å². The third-order valence-corrected chi connectivity index (χ3v) is 3.85. The van der Waals surface area contributed by atoms with Gasteiger partial charge in [-0.15, -0.1) is 0 Å². The first-order chi connectivity index (χ1) is 11.6. The number of piperidine rings is 1. The number of rotatable bonds is 4. The molecule has 1 aromatic heterocycles. The van der Waals surface area contributed by atoms with Gasteiger partial charge < -0.3 is 16.0 Å². The smallest absolute Gasteiger partial charge is 0.353 e. The molecule has 0 atom stereocenters. The second kappa shape index (κ2) is 6.65. The van der Waals surface area contributed by atoms with Crippen molar-refractivity contribution in [3.63, 3.8) is 0 Å². The van der Waals surface area contributed by atoms with Gasteiger partial charge in [0.1, 0.15) is 5.82 Å². The molecule has 0 radical (unpaired) electrons. The van der Waals surface area contributed by atoms with Gasteiger partial charge in [-0.25, -0.2) is 4.39 Å². The van der Waals surface area contributed by atoms with Gasteiger partial charge in [-0.3, -0.25) is 10.1 Å². The van der Waals surface area contributed by atoms with E-state index >= 15 is 0 Å². The van der Waals surface area contributed by atoms with Crippen molar-refractivity contribution in [3.8, 4) is 0 Å². The van der Waals surface area contributed by atoms with Crippen molar-refractivity contribution in [1.82, 2.24) is 9.97 Å². The lowest BCUT2D eigenvalue weighted by Crippen LogP contribution is -2.31. The fourth-order valence-electron chi connectivity index (χ4n) is 2.70. The fourth-order valence-corrected chi connectivity index (χ4v) is 2.70. The van der Waals surface area contributed by atoms with Crippen LogP contribution in [0.3, 0.4) is 0 Å². The van der Waals surface area contributed by atoms with Crippen molar-refractivity contribution >= 4 is 29.0 Å². The molecule has 0 aliphatic carbocycles. The maximum absolute atomic E-state index is 13.8. The molecule has 9 heteroatoms. The number of aromatic nitrogens is 2. The Bertz CT molecular complexity index is 764. The average Bonchev–Trinajstić information content (AvgIpc) is 2.57. The number of para-hydroxylation sites is 1. The van der Waals surface area contributed by atoms with Gasteiger partial charge in [-0.05, 0) is 31.4 Å². The van der Waals surface area contributed by atoms with Crippen LogP contribution in [-0.2, 0) is 0 Å². The summed E-state index contributed by atoms with van der Waals surface area (Å²) in [4.78, 5) is 20.7. The van der Waals surface area contributed by atoms with Crippen molar-refractivity contribution in [3.05, 3.63) is 40.2 Å². The molecule has 0 bridgehead atoms. The predicted octanol–water partition coefficient (Wildman–Crippen LogP) is 2.84. The summed E-state index contributed by atoms with van der Waals surface area (Å²) in [7, 11) is 0. The summed E-state index contributed by atoms with van der Waals surface area (Å²) in [6.45, 7) is 1.33. The molecule has 3 rings (SSSR count). The molecule has 2 heterocycles. The topological polar surface area (TPSA) is 110 Å². The zero-order chi connectivity index (χ0) is 17.1. The fraction of sp³-hybridized carbons (Fsp3) is 0.333. The van der Waals surface area contributed by atoms with E-state index in [1.165, 1.54) is 12.1 Å². The number of anilines is 4. The van der Waals surface area contributed by atoms with E-state index in [9.17, 15) is 14.5 Å². The highest BCUT2D eigenvalue weighted by atomic mass is 19.1. The minimum atomic E-state index is -0.577. The number of nitrogens with zero attached hydrogens (tertiary/aromatic N) is 4. The summed E-state index contributed by atoms with van der Waals surface area (Å²) < 4.78 is 13.8.